The zero-order chi connectivity index (χ0) is 19.4. The van der Waals surface area contributed by atoms with E-state index >= 15 is 0 Å². The summed E-state index contributed by atoms with van der Waals surface area (Å²) in [6.45, 7) is 0.0598. The van der Waals surface area contributed by atoms with E-state index in [9.17, 15) is 20.2 Å². The summed E-state index contributed by atoms with van der Waals surface area (Å²) in [5.41, 5.74) is 2.52. The van der Waals surface area contributed by atoms with Gasteiger partial charge in [-0.05, 0) is 29.8 Å². The summed E-state index contributed by atoms with van der Waals surface area (Å²) in [4.78, 5) is 22.0. The Hall–Kier alpha value is -3.92. The van der Waals surface area contributed by atoms with Gasteiger partial charge in [-0.1, -0.05) is 18.2 Å². The topological polar surface area (TPSA) is 98.2 Å². The molecule has 1 aromatic heterocycles. The third-order valence-corrected chi connectivity index (χ3v) is 4.16. The molecule has 0 atom stereocenters. The number of carbonyl (C=O) groups excluding carboxylic acids is 1. The Bertz CT molecular complexity index is 1090. The lowest BCUT2D eigenvalue weighted by molar-refractivity contribution is -0.384. The van der Waals surface area contributed by atoms with Crippen molar-refractivity contribution in [3.05, 3.63) is 76.0 Å². The number of hydrogen-bond donors (Lipinski definition) is 0. The number of nitro groups is 1. The molecule has 3 aromatic rings. The number of carbonyl (C=O) groups is 1. The predicted molar refractivity (Wildman–Crippen MR) is 101 cm³/mol. The minimum absolute atomic E-state index is 0.0364. The molecule has 0 unspecified atom stereocenters. The molecule has 27 heavy (non-hydrogen) atoms. The Kier molecular flexibility index (Phi) is 4.99. The third-order valence-electron chi connectivity index (χ3n) is 4.16. The van der Waals surface area contributed by atoms with Crippen LogP contribution >= 0.6 is 0 Å². The lowest BCUT2D eigenvalue weighted by Gasteiger charge is -2.02. The van der Waals surface area contributed by atoms with Gasteiger partial charge in [-0.2, -0.15) is 5.26 Å². The van der Waals surface area contributed by atoms with Gasteiger partial charge >= 0.3 is 5.97 Å². The van der Waals surface area contributed by atoms with Crippen LogP contribution < -0.4 is 0 Å². The van der Waals surface area contributed by atoms with E-state index in [1.807, 2.05) is 24.3 Å². The minimum atomic E-state index is -0.486. The van der Waals surface area contributed by atoms with E-state index in [2.05, 4.69) is 6.07 Å². The summed E-state index contributed by atoms with van der Waals surface area (Å²) < 4.78 is 6.49. The summed E-state index contributed by atoms with van der Waals surface area (Å²) in [5, 5.41) is 21.2. The van der Waals surface area contributed by atoms with Crippen LogP contribution in [0.1, 0.15) is 11.1 Å². The molecule has 0 spiro atoms. The molecule has 7 heteroatoms. The Labute approximate surface area is 154 Å². The van der Waals surface area contributed by atoms with Gasteiger partial charge in [-0.3, -0.25) is 14.9 Å². The van der Waals surface area contributed by atoms with E-state index in [4.69, 9.17) is 4.74 Å². The second-order valence-electron chi connectivity index (χ2n) is 5.78. The fourth-order valence-corrected chi connectivity index (χ4v) is 2.82. The fraction of sp³-hybridized carbons (Fsp3) is 0.100. The van der Waals surface area contributed by atoms with Crippen LogP contribution in [0.5, 0.6) is 0 Å². The number of rotatable bonds is 5. The second-order valence-corrected chi connectivity index (χ2v) is 5.78. The molecular weight excluding hydrogens is 346 g/mol. The van der Waals surface area contributed by atoms with Crippen molar-refractivity contribution >= 4 is 34.2 Å². The number of ether oxygens (including phenoxy) is 1. The molecule has 3 rings (SSSR count). The van der Waals surface area contributed by atoms with Crippen molar-refractivity contribution < 1.29 is 14.5 Å². The molecule has 0 bridgehead atoms. The zero-order valence-corrected chi connectivity index (χ0v) is 14.5. The van der Waals surface area contributed by atoms with Crippen molar-refractivity contribution in [2.75, 3.05) is 7.11 Å². The molecule has 0 N–H and O–H groups in total. The van der Waals surface area contributed by atoms with Crippen molar-refractivity contribution in [3.63, 3.8) is 0 Å². The first kappa shape index (κ1) is 17.9. The maximum Gasteiger partial charge on any atom is 0.325 e. The standard InChI is InChI=1S/C20H15N3O4/c1-27-20(24)13-22-12-16(18-4-2-3-5-19(18)22)10-15(11-21)14-6-8-17(9-7-14)23(25)26/h2-10,12H,13H2,1H3/b15-10-. The van der Waals surface area contributed by atoms with Crippen LogP contribution in [0.15, 0.2) is 54.7 Å². The average Bonchev–Trinajstić information content (AvgIpc) is 3.03. The van der Waals surface area contributed by atoms with Gasteiger partial charge in [-0.25, -0.2) is 0 Å². The number of methoxy groups -OCH3 is 1. The molecule has 7 nitrogen and oxygen atoms in total. The maximum atomic E-state index is 11.7. The van der Waals surface area contributed by atoms with Crippen LogP contribution in [0, 0.1) is 21.4 Å². The molecule has 0 aliphatic heterocycles. The van der Waals surface area contributed by atoms with Gasteiger partial charge in [-0.15, -0.1) is 0 Å². The summed E-state index contributed by atoms with van der Waals surface area (Å²) in [6, 6.07) is 15.5. The molecule has 0 saturated heterocycles. The largest absolute Gasteiger partial charge is 0.468 e. The van der Waals surface area contributed by atoms with Crippen LogP contribution in [-0.4, -0.2) is 22.6 Å². The lowest BCUT2D eigenvalue weighted by Crippen LogP contribution is -2.10. The number of para-hydroxylation sites is 1. The Morgan fingerprint density at radius 2 is 1.96 bits per heavy atom. The molecule has 0 amide bonds. The monoisotopic (exact) mass is 361 g/mol. The average molecular weight is 361 g/mol. The number of esters is 1. The van der Waals surface area contributed by atoms with E-state index in [0.717, 1.165) is 16.5 Å². The van der Waals surface area contributed by atoms with Gasteiger partial charge in [0.15, 0.2) is 0 Å². The molecule has 0 fully saturated rings. The third kappa shape index (κ3) is 3.70. The first-order valence-electron chi connectivity index (χ1n) is 8.05. The Morgan fingerprint density at radius 3 is 2.59 bits per heavy atom. The van der Waals surface area contributed by atoms with Gasteiger partial charge in [0.25, 0.3) is 5.69 Å². The molecule has 0 aliphatic rings. The van der Waals surface area contributed by atoms with E-state index in [1.165, 1.54) is 19.2 Å². The number of hydrogen-bond acceptors (Lipinski definition) is 5. The molecule has 0 aliphatic carbocycles. The quantitative estimate of drug-likeness (QED) is 0.298. The number of nitriles is 1. The van der Waals surface area contributed by atoms with E-state index in [1.54, 1.807) is 29.0 Å². The highest BCUT2D eigenvalue weighted by Gasteiger charge is 2.12. The number of benzene rings is 2. The van der Waals surface area contributed by atoms with Crippen molar-refractivity contribution in [2.45, 2.75) is 6.54 Å². The number of fused-ring (bicyclic) bond motifs is 1. The highest BCUT2D eigenvalue weighted by molar-refractivity contribution is 5.98. The highest BCUT2D eigenvalue weighted by atomic mass is 16.6. The van der Waals surface area contributed by atoms with Crippen LogP contribution in [0.4, 0.5) is 5.69 Å². The smallest absolute Gasteiger partial charge is 0.325 e. The first-order valence-corrected chi connectivity index (χ1v) is 8.05. The molecular formula is C20H15N3O4. The van der Waals surface area contributed by atoms with E-state index < -0.39 is 4.92 Å². The lowest BCUT2D eigenvalue weighted by atomic mass is 10.0. The van der Waals surface area contributed by atoms with Crippen LogP contribution in [0.2, 0.25) is 0 Å². The van der Waals surface area contributed by atoms with Crippen molar-refractivity contribution in [1.82, 2.24) is 4.57 Å². The van der Waals surface area contributed by atoms with Gasteiger partial charge in [0, 0.05) is 34.8 Å². The summed E-state index contributed by atoms with van der Waals surface area (Å²) >= 11 is 0. The van der Waals surface area contributed by atoms with Gasteiger partial charge in [0.1, 0.15) is 6.54 Å². The normalized spacial score (nSPS) is 11.2. The number of nitro benzene ring substituents is 1. The van der Waals surface area contributed by atoms with E-state index in [-0.39, 0.29) is 18.2 Å². The first-order chi connectivity index (χ1) is 13.0. The number of nitrogens with zero attached hydrogens (tertiary/aromatic N) is 3. The van der Waals surface area contributed by atoms with Gasteiger partial charge < -0.3 is 9.30 Å². The summed E-state index contributed by atoms with van der Waals surface area (Å²) in [5.74, 6) is -0.373. The van der Waals surface area contributed by atoms with E-state index in [0.29, 0.717) is 11.1 Å². The maximum absolute atomic E-state index is 11.7. The molecule has 2 aromatic carbocycles. The Balaban J connectivity index is 2.06. The van der Waals surface area contributed by atoms with Gasteiger partial charge in [0.05, 0.1) is 23.7 Å². The summed E-state index contributed by atoms with van der Waals surface area (Å²) in [6.07, 6.45) is 3.49. The van der Waals surface area contributed by atoms with Crippen molar-refractivity contribution in [3.8, 4) is 6.07 Å². The van der Waals surface area contributed by atoms with Crippen molar-refractivity contribution in [2.24, 2.45) is 0 Å². The SMILES string of the molecule is COC(=O)Cn1cc(/C=C(/C#N)c2ccc([N+](=O)[O-])cc2)c2ccccc21. The number of aromatic nitrogens is 1. The molecule has 1 heterocycles. The Morgan fingerprint density at radius 1 is 1.26 bits per heavy atom. The van der Waals surface area contributed by atoms with Crippen molar-refractivity contribution in [1.29, 1.82) is 5.26 Å². The fourth-order valence-electron chi connectivity index (χ4n) is 2.82. The van der Waals surface area contributed by atoms with Crippen LogP contribution in [-0.2, 0) is 16.1 Å². The number of non-ortho nitro benzene ring substituents is 1. The molecule has 134 valence electrons. The van der Waals surface area contributed by atoms with Crippen LogP contribution in [0.3, 0.4) is 0 Å². The molecule has 0 saturated carbocycles. The molecule has 0 radical (unpaired) electrons. The minimum Gasteiger partial charge on any atom is -0.468 e. The number of allylic oxidation sites excluding steroid dienone is 1. The van der Waals surface area contributed by atoms with Gasteiger partial charge in [0.2, 0.25) is 0 Å². The second kappa shape index (κ2) is 7.54. The van der Waals surface area contributed by atoms with Crippen LogP contribution in [0.25, 0.3) is 22.6 Å². The predicted octanol–water partition coefficient (Wildman–Crippen LogP) is 3.79. The summed E-state index contributed by atoms with van der Waals surface area (Å²) in [7, 11) is 1.33. The highest BCUT2D eigenvalue weighted by Crippen LogP contribution is 2.27. The zero-order valence-electron chi connectivity index (χ0n) is 14.5.